The van der Waals surface area contributed by atoms with Crippen LogP contribution in [-0.4, -0.2) is 26.6 Å². The summed E-state index contributed by atoms with van der Waals surface area (Å²) in [5.74, 6) is 0.852. The number of pyridine rings is 1. The number of nitrogens with one attached hydrogen (secondary N) is 1. The summed E-state index contributed by atoms with van der Waals surface area (Å²) in [7, 11) is 4.13. The molecule has 200 valence electrons. The van der Waals surface area contributed by atoms with Gasteiger partial charge in [0.1, 0.15) is 0 Å². The minimum Gasteiger partial charge on any atom is -0.405 e. The van der Waals surface area contributed by atoms with Crippen molar-refractivity contribution in [2.75, 3.05) is 16.8 Å². The molecule has 1 N–H and O–H groups in total. The van der Waals surface area contributed by atoms with Gasteiger partial charge in [0.2, 0.25) is 0 Å². The Kier molecular flexibility index (Phi) is 6.02. The number of aryl methyl sites for hydroxylation is 1. The molecule has 0 unspecified atom stereocenters. The second-order valence-electron chi connectivity index (χ2n) is 10.1. The van der Waals surface area contributed by atoms with Crippen molar-refractivity contribution in [1.82, 2.24) is 19.5 Å². The van der Waals surface area contributed by atoms with Crippen molar-refractivity contribution < 1.29 is 21.1 Å². The van der Waals surface area contributed by atoms with Crippen LogP contribution in [0.3, 0.4) is 0 Å². The number of aromatic amines is 1. The Hall–Kier alpha value is -4.67. The molecule has 41 heavy (non-hydrogen) atoms. The number of fused-ring (bicyclic) bond motifs is 4. The molecular formula is C34H24N6Pt. The van der Waals surface area contributed by atoms with Crippen LogP contribution in [0.15, 0.2) is 104 Å². The fraction of sp³-hybridized carbons (Fsp3) is 0.0588. The maximum atomic E-state index is 4.70. The molecule has 0 bridgehead atoms. The quantitative estimate of drug-likeness (QED) is 0.189. The molecule has 0 fully saturated rings. The number of hydrogen-bond donors (Lipinski definition) is 1. The molecule has 3 aromatic heterocycles. The van der Waals surface area contributed by atoms with Crippen molar-refractivity contribution in [3.05, 3.63) is 116 Å². The molecule has 6 nitrogen and oxygen atoms in total. The summed E-state index contributed by atoms with van der Waals surface area (Å²) in [6, 6.07) is 38.8. The molecule has 0 aliphatic carbocycles. The Morgan fingerprint density at radius 1 is 0.707 bits per heavy atom. The summed E-state index contributed by atoms with van der Waals surface area (Å²) in [6.07, 6.45) is 3.69. The van der Waals surface area contributed by atoms with Gasteiger partial charge in [0.05, 0.1) is 28.7 Å². The zero-order valence-electron chi connectivity index (χ0n) is 22.4. The van der Waals surface area contributed by atoms with E-state index in [1.54, 1.807) is 0 Å². The van der Waals surface area contributed by atoms with E-state index in [0.29, 0.717) is 0 Å². The van der Waals surface area contributed by atoms with Gasteiger partial charge in [0.25, 0.3) is 0 Å². The van der Waals surface area contributed by atoms with E-state index in [9.17, 15) is 0 Å². The molecule has 7 aromatic rings. The predicted octanol–water partition coefficient (Wildman–Crippen LogP) is 7.93. The summed E-state index contributed by atoms with van der Waals surface area (Å²) < 4.78 is 2.05. The van der Waals surface area contributed by atoms with Crippen molar-refractivity contribution >= 4 is 50.5 Å². The Balaban J connectivity index is 0.00000276. The maximum absolute atomic E-state index is 4.70. The third-order valence-corrected chi connectivity index (χ3v) is 7.74. The van der Waals surface area contributed by atoms with Crippen LogP contribution in [0.25, 0.3) is 44.3 Å². The van der Waals surface area contributed by atoms with Gasteiger partial charge in [-0.25, -0.2) is 4.98 Å². The number of nitrogens with zero attached hydrogens (tertiary/aromatic N) is 5. The number of hydrogen-bond acceptors (Lipinski definition) is 4. The van der Waals surface area contributed by atoms with Crippen LogP contribution in [-0.2, 0) is 28.1 Å². The number of aromatic nitrogens is 4. The summed E-state index contributed by atoms with van der Waals surface area (Å²) >= 11 is 0. The predicted molar refractivity (Wildman–Crippen MR) is 162 cm³/mol. The number of H-pyrrole nitrogens is 1. The molecule has 7 heteroatoms. The summed E-state index contributed by atoms with van der Waals surface area (Å²) in [5, 5.41) is 1.00. The summed E-state index contributed by atoms with van der Waals surface area (Å²) in [4.78, 5) is 17.4. The van der Waals surface area contributed by atoms with Gasteiger partial charge in [-0.1, -0.05) is 53.5 Å². The fourth-order valence-corrected chi connectivity index (χ4v) is 5.78. The van der Waals surface area contributed by atoms with Gasteiger partial charge < -0.3 is 19.4 Å². The molecular weight excluding hydrogens is 687 g/mol. The van der Waals surface area contributed by atoms with E-state index in [-0.39, 0.29) is 21.1 Å². The number of rotatable bonds is 3. The molecule has 0 amide bonds. The van der Waals surface area contributed by atoms with Gasteiger partial charge in [0.15, 0.2) is 0 Å². The largest absolute Gasteiger partial charge is 2.00 e. The van der Waals surface area contributed by atoms with Crippen molar-refractivity contribution in [3.8, 4) is 22.4 Å². The van der Waals surface area contributed by atoms with Gasteiger partial charge in [0, 0.05) is 31.8 Å². The van der Waals surface area contributed by atoms with E-state index < -0.39 is 0 Å². The number of para-hydroxylation sites is 3. The van der Waals surface area contributed by atoms with Crippen LogP contribution in [0.4, 0.5) is 28.6 Å². The molecule has 0 atom stereocenters. The summed E-state index contributed by atoms with van der Waals surface area (Å²) in [5.41, 5.74) is 11.3. The second kappa shape index (κ2) is 9.75. The Morgan fingerprint density at radius 2 is 1.51 bits per heavy atom. The van der Waals surface area contributed by atoms with Gasteiger partial charge >= 0.3 is 21.1 Å². The van der Waals surface area contributed by atoms with Gasteiger partial charge in [-0.05, 0) is 41.7 Å². The molecule has 8 rings (SSSR count). The second-order valence-corrected chi connectivity index (χ2v) is 10.1. The molecule has 0 saturated heterocycles. The summed E-state index contributed by atoms with van der Waals surface area (Å²) in [6.45, 7) is 0. The smallest absolute Gasteiger partial charge is 0.405 e. The first kappa shape index (κ1) is 25.3. The van der Waals surface area contributed by atoms with Crippen LogP contribution in [0.5, 0.6) is 0 Å². The first-order valence-corrected chi connectivity index (χ1v) is 13.2. The van der Waals surface area contributed by atoms with E-state index in [2.05, 4.69) is 112 Å². The minimum atomic E-state index is 0. The van der Waals surface area contributed by atoms with Crippen molar-refractivity contribution in [1.29, 1.82) is 0 Å². The zero-order chi connectivity index (χ0) is 26.8. The molecule has 4 aromatic carbocycles. The topological polar surface area (TPSA) is 53.0 Å². The third-order valence-electron chi connectivity index (χ3n) is 7.74. The molecule has 0 saturated carbocycles. The molecule has 1 aliphatic heterocycles. The van der Waals surface area contributed by atoms with E-state index in [0.717, 1.165) is 72.9 Å². The Morgan fingerprint density at radius 3 is 2.37 bits per heavy atom. The average molecular weight is 712 g/mol. The first-order valence-electron chi connectivity index (χ1n) is 13.2. The molecule has 0 spiro atoms. The van der Waals surface area contributed by atoms with Crippen LogP contribution in [0.2, 0.25) is 0 Å². The molecule has 1 aliphatic rings. The maximum Gasteiger partial charge on any atom is 2.00 e. The van der Waals surface area contributed by atoms with E-state index in [1.807, 2.05) is 42.3 Å². The van der Waals surface area contributed by atoms with E-state index >= 15 is 0 Å². The first-order chi connectivity index (χ1) is 19.7. The van der Waals surface area contributed by atoms with E-state index in [4.69, 9.17) is 4.98 Å². The van der Waals surface area contributed by atoms with Gasteiger partial charge in [-0.15, -0.1) is 41.5 Å². The minimum absolute atomic E-state index is 0. The Bertz CT molecular complexity index is 2060. The molecule has 4 heterocycles. The van der Waals surface area contributed by atoms with Crippen LogP contribution < -0.4 is 9.80 Å². The van der Waals surface area contributed by atoms with Crippen molar-refractivity contribution in [2.45, 2.75) is 0 Å². The monoisotopic (exact) mass is 711 g/mol. The van der Waals surface area contributed by atoms with Crippen molar-refractivity contribution in [2.24, 2.45) is 7.05 Å². The molecule has 0 radical (unpaired) electrons. The fourth-order valence-electron chi connectivity index (χ4n) is 5.78. The normalized spacial score (nSPS) is 12.3. The van der Waals surface area contributed by atoms with Crippen molar-refractivity contribution in [3.63, 3.8) is 0 Å². The zero-order valence-corrected chi connectivity index (χ0v) is 24.6. The van der Waals surface area contributed by atoms with Gasteiger partial charge in [-0.3, -0.25) is 4.98 Å². The van der Waals surface area contributed by atoms with Crippen LogP contribution >= 0.6 is 0 Å². The number of anilines is 5. The standard InChI is InChI=1S/C34H24N6.Pt/c1-38-21-36-34-23(9-8-15-31(34)38)22-16-17-29-32(19-22)40(30-14-4-3-13-28(30)39(29)2)33-20-25-24(10-7-12-27(25)37-33)26-11-5-6-18-35-26;/h3-18,21,37H,1-2H3;/q-2;+2. The van der Waals surface area contributed by atoms with E-state index in [1.165, 1.54) is 0 Å². The third kappa shape index (κ3) is 3.90. The van der Waals surface area contributed by atoms with Crippen LogP contribution in [0.1, 0.15) is 0 Å². The average Bonchev–Trinajstić information content (AvgIpc) is 3.61. The Labute approximate surface area is 252 Å². The van der Waals surface area contributed by atoms with Crippen LogP contribution in [0, 0.1) is 12.1 Å². The number of benzene rings is 4. The number of imidazole rings is 1. The SMILES string of the molecule is CN1c2ccc(-c3cccc4c3ncn4C)[c-]c2N(c2[c-]c3c(-c4ccccn4)cccc3[nH]2)c2ccccc21.[Pt+2]. The van der Waals surface area contributed by atoms with Gasteiger partial charge in [-0.2, -0.15) is 5.39 Å².